The summed E-state index contributed by atoms with van der Waals surface area (Å²) in [7, 11) is 0. The lowest BCUT2D eigenvalue weighted by molar-refractivity contribution is -0.152. The Hall–Kier alpha value is -2.35. The molecule has 0 unspecified atom stereocenters. The van der Waals surface area contributed by atoms with Crippen molar-refractivity contribution in [2.75, 3.05) is 6.61 Å². The molecule has 2 N–H and O–H groups in total. The third-order valence-corrected chi connectivity index (χ3v) is 3.88. The van der Waals surface area contributed by atoms with Crippen LogP contribution in [0.15, 0.2) is 29.5 Å². The summed E-state index contributed by atoms with van der Waals surface area (Å²) in [5, 5.41) is 5.93. The molecule has 0 bridgehead atoms. The van der Waals surface area contributed by atoms with Crippen LogP contribution in [0, 0.1) is 17.6 Å². The van der Waals surface area contributed by atoms with E-state index < -0.39 is 29.4 Å². The van der Waals surface area contributed by atoms with Gasteiger partial charge in [0, 0.05) is 5.70 Å². The summed E-state index contributed by atoms with van der Waals surface area (Å²) in [4.78, 5) is 24.6. The first kappa shape index (κ1) is 19.0. The molecule has 0 fully saturated rings. The van der Waals surface area contributed by atoms with E-state index in [-0.39, 0.29) is 28.8 Å². The predicted molar refractivity (Wildman–Crippen MR) is 91.5 cm³/mol. The first-order valence-electron chi connectivity index (χ1n) is 7.74. The predicted octanol–water partition coefficient (Wildman–Crippen LogP) is 2.53. The Morgan fingerprint density at radius 1 is 1.28 bits per heavy atom. The number of Topliss-reactive ketones (excluding diaryl/α,β-unsaturated/α-hetero) is 1. The molecule has 1 aromatic carbocycles. The molecule has 134 valence electrons. The second-order valence-corrected chi connectivity index (χ2v) is 6.14. The number of ether oxygens (including phenoxy) is 1. The summed E-state index contributed by atoms with van der Waals surface area (Å²) < 4.78 is 31.7. The zero-order chi connectivity index (χ0) is 18.7. The van der Waals surface area contributed by atoms with Crippen molar-refractivity contribution in [3.05, 3.63) is 46.7 Å². The van der Waals surface area contributed by atoms with Crippen LogP contribution in [0.25, 0.3) is 0 Å². The Balaban J connectivity index is 2.59. The number of allylic oxidation sites excluding steroid dienone is 1. The number of hydrogen-bond acceptors (Lipinski definition) is 4. The zero-order valence-corrected chi connectivity index (χ0v) is 14.8. The molecule has 0 radical (unpaired) electrons. The third kappa shape index (κ3) is 4.01. The van der Waals surface area contributed by atoms with Crippen molar-refractivity contribution in [1.29, 1.82) is 0 Å². The van der Waals surface area contributed by atoms with Crippen LogP contribution < -0.4 is 10.6 Å². The minimum absolute atomic E-state index is 0.0456. The molecule has 1 heterocycles. The van der Waals surface area contributed by atoms with E-state index in [1.54, 1.807) is 6.92 Å². The molecule has 0 aliphatic carbocycles. The van der Waals surface area contributed by atoms with Gasteiger partial charge in [-0.1, -0.05) is 19.9 Å². The Morgan fingerprint density at radius 2 is 1.96 bits per heavy atom. The summed E-state index contributed by atoms with van der Waals surface area (Å²) in [5.74, 6) is -4.10. The summed E-state index contributed by atoms with van der Waals surface area (Å²) in [5.41, 5.74) is 0.790. The highest BCUT2D eigenvalue weighted by molar-refractivity contribution is 7.80. The SMILES string of the molecule is CCOC(=O)C(=O)C1=C(C(C)C)NC(=S)N[C@H]1c1ccc(F)c(F)c1. The van der Waals surface area contributed by atoms with Crippen molar-refractivity contribution in [3.8, 4) is 0 Å². The second kappa shape index (κ2) is 7.69. The Bertz CT molecular complexity index is 762. The van der Waals surface area contributed by atoms with Gasteiger partial charge in [-0.2, -0.15) is 0 Å². The maximum atomic E-state index is 13.7. The Kier molecular flexibility index (Phi) is 5.84. The molecule has 1 aromatic rings. The number of ketones is 1. The molecule has 1 atom stereocenters. The van der Waals surface area contributed by atoms with Gasteiger partial charge < -0.3 is 15.4 Å². The highest BCUT2D eigenvalue weighted by Crippen LogP contribution is 2.31. The lowest BCUT2D eigenvalue weighted by Gasteiger charge is -2.32. The van der Waals surface area contributed by atoms with Gasteiger partial charge in [-0.15, -0.1) is 0 Å². The largest absolute Gasteiger partial charge is 0.460 e. The molecule has 25 heavy (non-hydrogen) atoms. The molecule has 2 rings (SSSR count). The molecule has 1 aliphatic rings. The highest BCUT2D eigenvalue weighted by Gasteiger charge is 2.36. The molecular weight excluding hydrogens is 350 g/mol. The van der Waals surface area contributed by atoms with Gasteiger partial charge in [-0.05, 0) is 42.8 Å². The number of rotatable bonds is 5. The molecule has 0 amide bonds. The van der Waals surface area contributed by atoms with E-state index in [4.69, 9.17) is 17.0 Å². The molecule has 0 spiro atoms. The van der Waals surface area contributed by atoms with E-state index in [9.17, 15) is 18.4 Å². The molecular formula is C17H18F2N2O3S. The van der Waals surface area contributed by atoms with Crippen LogP contribution in [0.2, 0.25) is 0 Å². The van der Waals surface area contributed by atoms with Crippen molar-refractivity contribution in [2.24, 2.45) is 5.92 Å². The average molecular weight is 368 g/mol. The molecule has 8 heteroatoms. The fourth-order valence-electron chi connectivity index (χ4n) is 2.54. The number of thiocarbonyl (C=S) groups is 1. The quantitative estimate of drug-likeness (QED) is 0.473. The van der Waals surface area contributed by atoms with E-state index in [1.807, 2.05) is 13.8 Å². The molecule has 1 aliphatic heterocycles. The van der Waals surface area contributed by atoms with Crippen LogP contribution >= 0.6 is 12.2 Å². The van der Waals surface area contributed by atoms with Gasteiger partial charge in [0.15, 0.2) is 16.7 Å². The van der Waals surface area contributed by atoms with Gasteiger partial charge in [0.25, 0.3) is 5.78 Å². The van der Waals surface area contributed by atoms with Crippen molar-refractivity contribution in [1.82, 2.24) is 10.6 Å². The average Bonchev–Trinajstić information content (AvgIpc) is 2.56. The van der Waals surface area contributed by atoms with Crippen LogP contribution in [0.3, 0.4) is 0 Å². The van der Waals surface area contributed by atoms with Crippen LogP contribution in [0.5, 0.6) is 0 Å². The van der Waals surface area contributed by atoms with Crippen LogP contribution in [0.4, 0.5) is 8.78 Å². The van der Waals surface area contributed by atoms with Crippen molar-refractivity contribution >= 4 is 29.1 Å². The van der Waals surface area contributed by atoms with Gasteiger partial charge in [0.05, 0.1) is 18.2 Å². The summed E-state index contributed by atoms with van der Waals surface area (Å²) in [6.45, 7) is 5.26. The monoisotopic (exact) mass is 368 g/mol. The molecule has 0 saturated carbocycles. The second-order valence-electron chi connectivity index (χ2n) is 5.74. The minimum atomic E-state index is -1.06. The number of benzene rings is 1. The van der Waals surface area contributed by atoms with E-state index in [1.165, 1.54) is 6.07 Å². The number of carbonyl (C=O) groups excluding carboxylic acids is 2. The van der Waals surface area contributed by atoms with Crippen molar-refractivity contribution < 1.29 is 23.1 Å². The minimum Gasteiger partial charge on any atom is -0.460 e. The summed E-state index contributed by atoms with van der Waals surface area (Å²) in [6, 6.07) is 2.37. The van der Waals surface area contributed by atoms with Gasteiger partial charge >= 0.3 is 5.97 Å². The van der Waals surface area contributed by atoms with E-state index >= 15 is 0 Å². The molecule has 0 aromatic heterocycles. The first-order chi connectivity index (χ1) is 11.8. The zero-order valence-electron chi connectivity index (χ0n) is 14.0. The maximum absolute atomic E-state index is 13.7. The Morgan fingerprint density at radius 3 is 2.52 bits per heavy atom. The lowest BCUT2D eigenvalue weighted by Crippen LogP contribution is -2.47. The number of nitrogens with one attached hydrogen (secondary N) is 2. The lowest BCUT2D eigenvalue weighted by atomic mass is 9.89. The number of hydrogen-bond donors (Lipinski definition) is 2. The summed E-state index contributed by atoms with van der Waals surface area (Å²) in [6.07, 6.45) is 0. The van der Waals surface area contributed by atoms with Gasteiger partial charge in [-0.3, -0.25) is 4.79 Å². The van der Waals surface area contributed by atoms with E-state index in [0.29, 0.717) is 5.70 Å². The normalized spacial score (nSPS) is 17.2. The number of carbonyl (C=O) groups is 2. The first-order valence-corrected chi connectivity index (χ1v) is 8.15. The van der Waals surface area contributed by atoms with Crippen molar-refractivity contribution in [3.63, 3.8) is 0 Å². The third-order valence-electron chi connectivity index (χ3n) is 3.66. The highest BCUT2D eigenvalue weighted by atomic mass is 32.1. The van der Waals surface area contributed by atoms with Crippen LogP contribution in [-0.2, 0) is 14.3 Å². The maximum Gasteiger partial charge on any atom is 0.379 e. The topological polar surface area (TPSA) is 67.4 Å². The van der Waals surface area contributed by atoms with Crippen LogP contribution in [0.1, 0.15) is 32.4 Å². The number of esters is 1. The van der Waals surface area contributed by atoms with Gasteiger partial charge in [-0.25, -0.2) is 13.6 Å². The smallest absolute Gasteiger partial charge is 0.379 e. The van der Waals surface area contributed by atoms with Gasteiger partial charge in [0.1, 0.15) is 0 Å². The van der Waals surface area contributed by atoms with Crippen molar-refractivity contribution in [2.45, 2.75) is 26.8 Å². The fraction of sp³-hybridized carbons (Fsp3) is 0.353. The number of halogens is 2. The summed E-state index contributed by atoms with van der Waals surface area (Å²) >= 11 is 5.14. The van der Waals surface area contributed by atoms with E-state index in [0.717, 1.165) is 12.1 Å². The van der Waals surface area contributed by atoms with Crippen LogP contribution in [-0.4, -0.2) is 23.5 Å². The van der Waals surface area contributed by atoms with E-state index in [2.05, 4.69) is 10.6 Å². The standard InChI is InChI=1S/C17H18F2N2O3S/c1-4-24-16(23)15(22)12-13(8(2)3)20-17(25)21-14(12)9-5-6-10(18)11(19)7-9/h5-8,14H,4H2,1-3H3,(H2,20,21,25)/t14-/m0/s1. The van der Waals surface area contributed by atoms with Gasteiger partial charge in [0.2, 0.25) is 0 Å². The Labute approximate surface area is 149 Å². The molecule has 0 saturated heterocycles. The molecule has 5 nitrogen and oxygen atoms in total. The fourth-order valence-corrected chi connectivity index (χ4v) is 2.77.